The van der Waals surface area contributed by atoms with Crippen molar-refractivity contribution in [2.75, 3.05) is 6.61 Å². The predicted molar refractivity (Wildman–Crippen MR) is 114 cm³/mol. The predicted octanol–water partition coefficient (Wildman–Crippen LogP) is 6.19. The molecule has 1 N–H and O–H groups in total. The number of ether oxygens (including phenoxy) is 1. The number of hydrogen-bond donors (Lipinski definition) is 1. The molecule has 0 bridgehead atoms. The standard InChI is InChI=1S/C22H24ClN3O3/c1-3-4-5-12-26-19-11-6-15(2)13-18(19)21(22(26)28)25-24-20(27)14-29-17-9-7-16(23)8-10-17/h6-11,13,28H,3-5,12,14H2,1-2H3. The zero-order chi connectivity index (χ0) is 20.8. The van der Waals surface area contributed by atoms with Gasteiger partial charge in [-0.25, -0.2) is 0 Å². The van der Waals surface area contributed by atoms with Gasteiger partial charge in [-0.2, -0.15) is 0 Å². The summed E-state index contributed by atoms with van der Waals surface area (Å²) in [5.74, 6) is -0.000271. The average Bonchev–Trinajstić information content (AvgIpc) is 2.96. The molecule has 1 amide bonds. The molecule has 0 fully saturated rings. The SMILES string of the molecule is CCCCCn1c(O)c(N=NC(=O)COc2ccc(Cl)cc2)c2cc(C)ccc21. The molecule has 7 heteroatoms. The fourth-order valence-electron chi connectivity index (χ4n) is 3.09. The van der Waals surface area contributed by atoms with Crippen LogP contribution in [0.2, 0.25) is 5.02 Å². The third kappa shape index (κ3) is 5.15. The van der Waals surface area contributed by atoms with Gasteiger partial charge < -0.3 is 14.4 Å². The Kier molecular flexibility index (Phi) is 6.88. The summed E-state index contributed by atoms with van der Waals surface area (Å²) >= 11 is 5.83. The summed E-state index contributed by atoms with van der Waals surface area (Å²) in [6, 6.07) is 12.6. The molecule has 2 aromatic carbocycles. The van der Waals surface area contributed by atoms with Gasteiger partial charge in [0.25, 0.3) is 0 Å². The number of halogens is 1. The van der Waals surface area contributed by atoms with Gasteiger partial charge in [-0.15, -0.1) is 10.2 Å². The second kappa shape index (κ2) is 9.56. The molecule has 1 heterocycles. The van der Waals surface area contributed by atoms with E-state index in [0.717, 1.165) is 35.7 Å². The first-order valence-electron chi connectivity index (χ1n) is 9.64. The highest BCUT2D eigenvalue weighted by Gasteiger charge is 2.17. The number of nitrogens with zero attached hydrogens (tertiary/aromatic N) is 3. The van der Waals surface area contributed by atoms with Gasteiger partial charge in [-0.3, -0.25) is 4.79 Å². The molecule has 1 aromatic heterocycles. The Morgan fingerprint density at radius 3 is 2.66 bits per heavy atom. The van der Waals surface area contributed by atoms with Crippen LogP contribution in [0.25, 0.3) is 10.9 Å². The van der Waals surface area contributed by atoms with E-state index in [1.807, 2.05) is 29.7 Å². The van der Waals surface area contributed by atoms with Gasteiger partial charge in [-0.05, 0) is 49.7 Å². The van der Waals surface area contributed by atoms with Crippen LogP contribution in [-0.4, -0.2) is 22.2 Å². The molecule has 0 saturated heterocycles. The van der Waals surface area contributed by atoms with Gasteiger partial charge in [0.2, 0.25) is 5.88 Å². The van der Waals surface area contributed by atoms with Crippen LogP contribution in [0.3, 0.4) is 0 Å². The van der Waals surface area contributed by atoms with Crippen LogP contribution in [0.4, 0.5) is 5.69 Å². The van der Waals surface area contributed by atoms with Crippen molar-refractivity contribution < 1.29 is 14.6 Å². The molecule has 0 aliphatic heterocycles. The molecule has 0 atom stereocenters. The molecule has 0 spiro atoms. The second-order valence-electron chi connectivity index (χ2n) is 6.89. The van der Waals surface area contributed by atoms with E-state index in [-0.39, 0.29) is 12.5 Å². The summed E-state index contributed by atoms with van der Waals surface area (Å²) in [6.07, 6.45) is 3.11. The number of benzene rings is 2. The van der Waals surface area contributed by atoms with E-state index in [2.05, 4.69) is 17.2 Å². The first-order valence-corrected chi connectivity index (χ1v) is 10.0. The Hall–Kier alpha value is -2.86. The number of azo groups is 1. The number of amides is 1. The van der Waals surface area contributed by atoms with Crippen LogP contribution in [0.15, 0.2) is 52.7 Å². The zero-order valence-electron chi connectivity index (χ0n) is 16.6. The zero-order valence-corrected chi connectivity index (χ0v) is 17.3. The molecule has 3 aromatic rings. The van der Waals surface area contributed by atoms with E-state index in [1.165, 1.54) is 0 Å². The van der Waals surface area contributed by atoms with Gasteiger partial charge in [0.1, 0.15) is 5.75 Å². The number of hydrogen-bond acceptors (Lipinski definition) is 4. The van der Waals surface area contributed by atoms with E-state index >= 15 is 0 Å². The van der Waals surface area contributed by atoms with Crippen molar-refractivity contribution in [2.45, 2.75) is 39.7 Å². The number of fused-ring (bicyclic) bond motifs is 1. The summed E-state index contributed by atoms with van der Waals surface area (Å²) < 4.78 is 7.22. The third-order valence-corrected chi connectivity index (χ3v) is 4.84. The lowest BCUT2D eigenvalue weighted by Gasteiger charge is -2.06. The third-order valence-electron chi connectivity index (χ3n) is 4.59. The van der Waals surface area contributed by atoms with Gasteiger partial charge in [0.05, 0.1) is 5.52 Å². The smallest absolute Gasteiger partial charge is 0.302 e. The maximum Gasteiger partial charge on any atom is 0.302 e. The summed E-state index contributed by atoms with van der Waals surface area (Å²) in [4.78, 5) is 12.1. The van der Waals surface area contributed by atoms with Crippen molar-refractivity contribution in [2.24, 2.45) is 10.2 Å². The molecule has 0 unspecified atom stereocenters. The minimum Gasteiger partial charge on any atom is -0.493 e. The van der Waals surface area contributed by atoms with E-state index in [0.29, 0.717) is 23.0 Å². The van der Waals surface area contributed by atoms with Gasteiger partial charge in [-0.1, -0.05) is 43.0 Å². The fraction of sp³-hybridized carbons (Fsp3) is 0.318. The summed E-state index contributed by atoms with van der Waals surface area (Å²) in [5.41, 5.74) is 2.22. The Bertz CT molecular complexity index is 1030. The van der Waals surface area contributed by atoms with Gasteiger partial charge >= 0.3 is 5.91 Å². The van der Waals surface area contributed by atoms with Crippen molar-refractivity contribution in [3.63, 3.8) is 0 Å². The topological polar surface area (TPSA) is 76.2 Å². The Labute approximate surface area is 174 Å². The molecule has 0 aliphatic carbocycles. The summed E-state index contributed by atoms with van der Waals surface area (Å²) in [6.45, 7) is 4.54. The van der Waals surface area contributed by atoms with Crippen molar-refractivity contribution in [3.8, 4) is 11.6 Å². The minimum atomic E-state index is -0.543. The van der Waals surface area contributed by atoms with Crippen molar-refractivity contribution in [1.82, 2.24) is 4.57 Å². The largest absolute Gasteiger partial charge is 0.493 e. The monoisotopic (exact) mass is 413 g/mol. The Morgan fingerprint density at radius 1 is 1.17 bits per heavy atom. The first kappa shape index (κ1) is 20.9. The molecule has 152 valence electrons. The van der Waals surface area contributed by atoms with Crippen LogP contribution >= 0.6 is 11.6 Å². The highest BCUT2D eigenvalue weighted by atomic mass is 35.5. The lowest BCUT2D eigenvalue weighted by Crippen LogP contribution is -2.07. The van der Waals surface area contributed by atoms with E-state index in [4.69, 9.17) is 16.3 Å². The second-order valence-corrected chi connectivity index (χ2v) is 7.32. The van der Waals surface area contributed by atoms with Crippen molar-refractivity contribution >= 4 is 34.1 Å². The highest BCUT2D eigenvalue weighted by molar-refractivity contribution is 6.30. The lowest BCUT2D eigenvalue weighted by molar-refractivity contribution is -0.120. The number of aryl methyl sites for hydroxylation is 2. The maximum absolute atomic E-state index is 12.1. The number of aromatic hydroxyl groups is 1. The van der Waals surface area contributed by atoms with Crippen LogP contribution in [0, 0.1) is 6.92 Å². The molecular weight excluding hydrogens is 390 g/mol. The molecule has 3 rings (SSSR count). The Morgan fingerprint density at radius 2 is 1.93 bits per heavy atom. The summed E-state index contributed by atoms with van der Waals surface area (Å²) in [5, 5.41) is 19.9. The number of carbonyl (C=O) groups is 1. The van der Waals surface area contributed by atoms with E-state index < -0.39 is 5.91 Å². The van der Waals surface area contributed by atoms with Crippen LogP contribution in [0.1, 0.15) is 31.7 Å². The van der Waals surface area contributed by atoms with E-state index in [9.17, 15) is 9.90 Å². The average molecular weight is 414 g/mol. The van der Waals surface area contributed by atoms with Gasteiger partial charge in [0.15, 0.2) is 12.3 Å². The fourth-order valence-corrected chi connectivity index (χ4v) is 3.22. The molecule has 0 aliphatic rings. The number of aromatic nitrogens is 1. The van der Waals surface area contributed by atoms with Crippen LogP contribution in [-0.2, 0) is 11.3 Å². The highest BCUT2D eigenvalue weighted by Crippen LogP contribution is 2.39. The number of rotatable bonds is 8. The first-order chi connectivity index (χ1) is 14.0. The van der Waals surface area contributed by atoms with Crippen molar-refractivity contribution in [3.05, 3.63) is 53.1 Å². The molecular formula is C22H24ClN3O3. The maximum atomic E-state index is 12.1. The quantitative estimate of drug-likeness (QED) is 0.353. The molecule has 29 heavy (non-hydrogen) atoms. The Balaban J connectivity index is 1.78. The van der Waals surface area contributed by atoms with E-state index in [1.54, 1.807) is 24.3 Å². The lowest BCUT2D eigenvalue weighted by atomic mass is 10.1. The van der Waals surface area contributed by atoms with Crippen LogP contribution in [0.5, 0.6) is 11.6 Å². The normalized spacial score (nSPS) is 11.4. The van der Waals surface area contributed by atoms with Crippen molar-refractivity contribution in [1.29, 1.82) is 0 Å². The van der Waals surface area contributed by atoms with Crippen LogP contribution < -0.4 is 4.74 Å². The number of unbranched alkanes of at least 4 members (excludes halogenated alkanes) is 2. The van der Waals surface area contributed by atoms with Gasteiger partial charge in [0, 0.05) is 17.0 Å². The minimum absolute atomic E-state index is 0.0249. The number of carbonyl (C=O) groups excluding carboxylic acids is 1. The molecule has 6 nitrogen and oxygen atoms in total. The molecule has 0 saturated carbocycles. The molecule has 0 radical (unpaired) electrons. The summed E-state index contributed by atoms with van der Waals surface area (Å²) in [7, 11) is 0.